The fourth-order valence-electron chi connectivity index (χ4n) is 1.64. The summed E-state index contributed by atoms with van der Waals surface area (Å²) in [5, 5.41) is 15.3. The van der Waals surface area contributed by atoms with Crippen molar-refractivity contribution in [3.8, 4) is 0 Å². The van der Waals surface area contributed by atoms with Crippen molar-refractivity contribution in [2.45, 2.75) is 20.4 Å². The molecule has 0 saturated carbocycles. The van der Waals surface area contributed by atoms with Gasteiger partial charge >= 0.3 is 5.97 Å². The Morgan fingerprint density at radius 2 is 2.12 bits per heavy atom. The molecule has 6 nitrogen and oxygen atoms in total. The summed E-state index contributed by atoms with van der Waals surface area (Å²) in [6, 6.07) is 3.60. The molecule has 0 fully saturated rings. The summed E-state index contributed by atoms with van der Waals surface area (Å²) < 4.78 is 5.90. The van der Waals surface area contributed by atoms with Crippen molar-refractivity contribution < 1.29 is 14.4 Å². The first-order valence-electron chi connectivity index (χ1n) is 5.17. The van der Waals surface area contributed by atoms with Crippen LogP contribution >= 0.6 is 0 Å². The minimum atomic E-state index is -0.437. The van der Waals surface area contributed by atoms with E-state index in [1.54, 1.807) is 6.07 Å². The quantitative estimate of drug-likeness (QED) is 0.430. The van der Waals surface area contributed by atoms with Gasteiger partial charge in [0.15, 0.2) is 5.52 Å². The summed E-state index contributed by atoms with van der Waals surface area (Å²) in [5.74, 6) is -0.437. The third-order valence-corrected chi connectivity index (χ3v) is 2.77. The molecule has 6 heteroatoms. The van der Waals surface area contributed by atoms with Gasteiger partial charge in [-0.3, -0.25) is 0 Å². The van der Waals surface area contributed by atoms with E-state index in [0.717, 1.165) is 11.1 Å². The maximum Gasteiger partial charge on any atom is 0.350 e. The van der Waals surface area contributed by atoms with Crippen LogP contribution in [0.5, 0.6) is 0 Å². The molecule has 0 unspecified atom stereocenters. The highest BCUT2D eigenvalue weighted by atomic mass is 16.5. The normalized spacial score (nSPS) is 10.8. The van der Waals surface area contributed by atoms with Gasteiger partial charge in [-0.15, -0.1) is 9.53 Å². The molecule has 0 aliphatic carbocycles. The predicted molar refractivity (Wildman–Crippen MR) is 60.2 cm³/mol. The highest BCUT2D eigenvalue weighted by Crippen LogP contribution is 2.16. The van der Waals surface area contributed by atoms with E-state index in [4.69, 9.17) is 0 Å². The molecule has 1 aromatic heterocycles. The molecule has 0 amide bonds. The van der Waals surface area contributed by atoms with E-state index >= 15 is 0 Å². The van der Waals surface area contributed by atoms with Gasteiger partial charge in [-0.2, -0.15) is 0 Å². The number of aryl methyl sites for hydroxylation is 2. The Kier molecular flexibility index (Phi) is 2.71. The summed E-state index contributed by atoms with van der Waals surface area (Å²) in [5.41, 5.74) is 3.15. The van der Waals surface area contributed by atoms with E-state index in [1.165, 1.54) is 11.8 Å². The number of esters is 1. The Balaban J connectivity index is 2.58. The molecule has 2 rings (SSSR count). The van der Waals surface area contributed by atoms with Gasteiger partial charge in [0.05, 0.1) is 12.3 Å². The standard InChI is InChI=1S/C11H13N3O3/c1-7-4-9-10(5-8(7)2)14(16)12-13(9)6-11(15)17-3/h4-5H,6H2,1-3H3. The van der Waals surface area contributed by atoms with Crippen LogP contribution in [0.25, 0.3) is 11.0 Å². The Morgan fingerprint density at radius 1 is 1.47 bits per heavy atom. The van der Waals surface area contributed by atoms with Crippen molar-refractivity contribution in [1.29, 1.82) is 0 Å². The van der Waals surface area contributed by atoms with Gasteiger partial charge in [0.1, 0.15) is 0 Å². The first-order chi connectivity index (χ1) is 8.02. The van der Waals surface area contributed by atoms with E-state index in [1.807, 2.05) is 19.9 Å². The van der Waals surface area contributed by atoms with Crippen LogP contribution in [0.1, 0.15) is 11.1 Å². The fourth-order valence-corrected chi connectivity index (χ4v) is 1.64. The zero-order valence-electron chi connectivity index (χ0n) is 9.93. The zero-order chi connectivity index (χ0) is 12.6. The summed E-state index contributed by atoms with van der Waals surface area (Å²) in [6.45, 7) is 3.80. The molecule has 1 aromatic carbocycles. The lowest BCUT2D eigenvalue weighted by atomic mass is 10.1. The first-order valence-corrected chi connectivity index (χ1v) is 5.17. The lowest BCUT2D eigenvalue weighted by molar-refractivity contribution is -0.646. The highest BCUT2D eigenvalue weighted by molar-refractivity contribution is 5.76. The Bertz CT molecular complexity index is 589. The van der Waals surface area contributed by atoms with Crippen LogP contribution < -0.4 is 4.85 Å². The molecule has 17 heavy (non-hydrogen) atoms. The van der Waals surface area contributed by atoms with Gasteiger partial charge < -0.3 is 9.94 Å². The maximum absolute atomic E-state index is 11.6. The number of rotatable bonds is 2. The van der Waals surface area contributed by atoms with Crippen molar-refractivity contribution in [3.63, 3.8) is 0 Å². The number of benzene rings is 1. The van der Waals surface area contributed by atoms with Crippen molar-refractivity contribution in [2.75, 3.05) is 7.11 Å². The Hall–Kier alpha value is -2.11. The van der Waals surface area contributed by atoms with E-state index in [-0.39, 0.29) is 6.54 Å². The van der Waals surface area contributed by atoms with Crippen molar-refractivity contribution in [3.05, 3.63) is 28.5 Å². The molecule has 0 aliphatic rings. The van der Waals surface area contributed by atoms with Crippen LogP contribution in [0, 0.1) is 19.1 Å². The number of hydrogen-bond donors (Lipinski definition) is 0. The zero-order valence-corrected chi connectivity index (χ0v) is 9.93. The van der Waals surface area contributed by atoms with Crippen LogP contribution in [0.2, 0.25) is 0 Å². The Labute approximate surface area is 98.0 Å². The SMILES string of the molecule is COC(=O)Cn1n[n+]([O-])c2cc(C)c(C)cc21. The number of methoxy groups -OCH3 is 1. The molecule has 0 bridgehead atoms. The van der Waals surface area contributed by atoms with E-state index in [2.05, 4.69) is 9.95 Å². The number of nitrogens with zero attached hydrogens (tertiary/aromatic N) is 3. The van der Waals surface area contributed by atoms with Gasteiger partial charge in [-0.25, -0.2) is 4.79 Å². The van der Waals surface area contributed by atoms with Crippen LogP contribution in [0.15, 0.2) is 12.1 Å². The largest absolute Gasteiger partial charge is 0.691 e. The number of fused-ring (bicyclic) bond motifs is 1. The fraction of sp³-hybridized carbons (Fsp3) is 0.364. The molecule has 2 aromatic rings. The second kappa shape index (κ2) is 4.04. The third-order valence-electron chi connectivity index (χ3n) is 2.77. The van der Waals surface area contributed by atoms with Gasteiger partial charge in [-0.1, -0.05) is 0 Å². The summed E-state index contributed by atoms with van der Waals surface area (Å²) in [6.07, 6.45) is 0. The first kappa shape index (κ1) is 11.4. The van der Waals surface area contributed by atoms with E-state index in [0.29, 0.717) is 15.9 Å². The summed E-state index contributed by atoms with van der Waals surface area (Å²) in [7, 11) is 1.30. The molecule has 1 heterocycles. The predicted octanol–water partition coefficient (Wildman–Crippen LogP) is 0.460. The number of hydrogen-bond acceptors (Lipinski definition) is 4. The van der Waals surface area contributed by atoms with E-state index < -0.39 is 5.97 Å². The summed E-state index contributed by atoms with van der Waals surface area (Å²) in [4.78, 5) is 11.7. The van der Waals surface area contributed by atoms with Crippen LogP contribution in [0.4, 0.5) is 0 Å². The van der Waals surface area contributed by atoms with Crippen LogP contribution in [-0.4, -0.2) is 23.0 Å². The van der Waals surface area contributed by atoms with Gasteiger partial charge in [0, 0.05) is 0 Å². The average Bonchev–Trinajstić information content (AvgIpc) is 2.57. The van der Waals surface area contributed by atoms with Crippen molar-refractivity contribution in [1.82, 2.24) is 9.90 Å². The van der Waals surface area contributed by atoms with Gasteiger partial charge in [0.25, 0.3) is 0 Å². The number of carbonyl (C=O) groups is 1. The molecule has 0 spiro atoms. The number of aromatic nitrogens is 3. The maximum atomic E-state index is 11.6. The van der Waals surface area contributed by atoms with Crippen LogP contribution in [0.3, 0.4) is 0 Å². The molecular weight excluding hydrogens is 222 g/mol. The minimum absolute atomic E-state index is 0.0647. The lowest BCUT2D eigenvalue weighted by Gasteiger charge is -1.98. The summed E-state index contributed by atoms with van der Waals surface area (Å²) >= 11 is 0. The topological polar surface area (TPSA) is 71.1 Å². The second-order valence-electron chi connectivity index (χ2n) is 3.92. The number of carbonyl (C=O) groups excluding carboxylic acids is 1. The lowest BCUT2D eigenvalue weighted by Crippen LogP contribution is -2.30. The van der Waals surface area contributed by atoms with Gasteiger partial charge in [0.2, 0.25) is 12.1 Å². The minimum Gasteiger partial charge on any atom is -0.691 e. The molecule has 90 valence electrons. The van der Waals surface area contributed by atoms with Crippen LogP contribution in [-0.2, 0) is 16.1 Å². The van der Waals surface area contributed by atoms with Crippen molar-refractivity contribution >= 4 is 17.0 Å². The smallest absolute Gasteiger partial charge is 0.350 e. The highest BCUT2D eigenvalue weighted by Gasteiger charge is 2.18. The van der Waals surface area contributed by atoms with E-state index in [9.17, 15) is 10.0 Å². The second-order valence-corrected chi connectivity index (χ2v) is 3.92. The number of ether oxygens (including phenoxy) is 1. The average molecular weight is 235 g/mol. The third kappa shape index (κ3) is 1.93. The molecule has 0 atom stereocenters. The van der Waals surface area contributed by atoms with Crippen molar-refractivity contribution in [2.24, 2.45) is 0 Å². The monoisotopic (exact) mass is 235 g/mol. The molecule has 0 radical (unpaired) electrons. The Morgan fingerprint density at radius 3 is 2.76 bits per heavy atom. The molecular formula is C11H13N3O3. The van der Waals surface area contributed by atoms with Gasteiger partial charge in [-0.05, 0) is 37.1 Å². The molecule has 0 N–H and O–H groups in total. The molecule has 0 aliphatic heterocycles. The molecule has 0 saturated heterocycles.